The van der Waals surface area contributed by atoms with E-state index in [2.05, 4.69) is 29.4 Å². The second-order valence-electron chi connectivity index (χ2n) is 5.91. The van der Waals surface area contributed by atoms with E-state index in [1.807, 2.05) is 37.3 Å². The number of aromatic nitrogens is 1. The maximum atomic E-state index is 12.1. The number of aryl methyl sites for hydroxylation is 2. The summed E-state index contributed by atoms with van der Waals surface area (Å²) in [6.45, 7) is 4.02. The molecule has 0 spiro atoms. The number of halogens is 1. The fraction of sp³-hybridized carbons (Fsp3) is 0.200. The van der Waals surface area contributed by atoms with Crippen LogP contribution in [0.4, 0.5) is 5.69 Å². The molecule has 0 saturated heterocycles. The number of carbonyl (C=O) groups is 1. The predicted molar refractivity (Wildman–Crippen MR) is 107 cm³/mol. The van der Waals surface area contributed by atoms with E-state index in [1.54, 1.807) is 17.8 Å². The number of nitrogens with zero attached hydrogens (tertiary/aromatic N) is 1. The van der Waals surface area contributed by atoms with Crippen molar-refractivity contribution >= 4 is 45.9 Å². The molecule has 5 heteroatoms. The van der Waals surface area contributed by atoms with Crippen LogP contribution in [0.25, 0.3) is 10.9 Å². The van der Waals surface area contributed by atoms with Crippen molar-refractivity contribution in [3.63, 3.8) is 0 Å². The number of carbonyl (C=O) groups excluding carboxylic acids is 1. The number of hydrogen-bond donors (Lipinski definition) is 1. The molecule has 1 heterocycles. The SMILES string of the molecule is Cc1ccc(NC(=O)CCSc2cc(C)c3ccccc3n2)cc1Cl. The third kappa shape index (κ3) is 4.53. The van der Waals surface area contributed by atoms with Crippen molar-refractivity contribution in [3.05, 3.63) is 64.7 Å². The van der Waals surface area contributed by atoms with Crippen molar-refractivity contribution in [1.29, 1.82) is 0 Å². The molecule has 1 amide bonds. The van der Waals surface area contributed by atoms with Gasteiger partial charge in [0.15, 0.2) is 0 Å². The van der Waals surface area contributed by atoms with E-state index in [1.165, 1.54) is 10.9 Å². The minimum atomic E-state index is -0.0232. The van der Waals surface area contributed by atoms with E-state index in [-0.39, 0.29) is 5.91 Å². The first-order chi connectivity index (χ1) is 12.0. The summed E-state index contributed by atoms with van der Waals surface area (Å²) in [6.07, 6.45) is 0.420. The van der Waals surface area contributed by atoms with Gasteiger partial charge in [-0.25, -0.2) is 4.98 Å². The lowest BCUT2D eigenvalue weighted by Gasteiger charge is -2.08. The molecular weight excluding hydrogens is 352 g/mol. The molecule has 0 aliphatic rings. The number of benzene rings is 2. The van der Waals surface area contributed by atoms with Gasteiger partial charge >= 0.3 is 0 Å². The van der Waals surface area contributed by atoms with Gasteiger partial charge in [-0.15, -0.1) is 11.8 Å². The van der Waals surface area contributed by atoms with Crippen molar-refractivity contribution in [2.24, 2.45) is 0 Å². The fourth-order valence-electron chi connectivity index (χ4n) is 2.53. The highest BCUT2D eigenvalue weighted by Crippen LogP contribution is 2.24. The largest absolute Gasteiger partial charge is 0.326 e. The first kappa shape index (κ1) is 17.8. The normalized spacial score (nSPS) is 10.8. The van der Waals surface area contributed by atoms with Crippen LogP contribution in [0, 0.1) is 13.8 Å². The predicted octanol–water partition coefficient (Wildman–Crippen LogP) is 5.63. The first-order valence-corrected chi connectivity index (χ1v) is 9.44. The summed E-state index contributed by atoms with van der Waals surface area (Å²) in [6, 6.07) is 15.7. The quantitative estimate of drug-likeness (QED) is 0.592. The molecule has 128 valence electrons. The number of fused-ring (bicyclic) bond motifs is 1. The number of hydrogen-bond acceptors (Lipinski definition) is 3. The Balaban J connectivity index is 1.57. The molecule has 3 aromatic rings. The Labute approximate surface area is 156 Å². The number of rotatable bonds is 5. The maximum Gasteiger partial charge on any atom is 0.225 e. The van der Waals surface area contributed by atoms with Gasteiger partial charge in [0.25, 0.3) is 0 Å². The third-order valence-corrected chi connectivity index (χ3v) is 5.25. The number of amides is 1. The van der Waals surface area contributed by atoms with Crippen LogP contribution in [0.5, 0.6) is 0 Å². The van der Waals surface area contributed by atoms with Gasteiger partial charge in [0.2, 0.25) is 5.91 Å². The van der Waals surface area contributed by atoms with Crippen molar-refractivity contribution in [2.45, 2.75) is 25.3 Å². The summed E-state index contributed by atoms with van der Waals surface area (Å²) in [5, 5.41) is 5.65. The smallest absolute Gasteiger partial charge is 0.225 e. The summed E-state index contributed by atoms with van der Waals surface area (Å²) in [5.74, 6) is 0.654. The Morgan fingerprint density at radius 1 is 1.12 bits per heavy atom. The van der Waals surface area contributed by atoms with Gasteiger partial charge in [0.1, 0.15) is 0 Å². The Morgan fingerprint density at radius 3 is 2.72 bits per heavy atom. The molecule has 0 unspecified atom stereocenters. The van der Waals surface area contributed by atoms with E-state index in [4.69, 9.17) is 11.6 Å². The Bertz CT molecular complexity index is 927. The van der Waals surface area contributed by atoms with Crippen molar-refractivity contribution < 1.29 is 4.79 Å². The van der Waals surface area contributed by atoms with Crippen LogP contribution >= 0.6 is 23.4 Å². The highest BCUT2D eigenvalue weighted by Gasteiger charge is 2.07. The summed E-state index contributed by atoms with van der Waals surface area (Å²) < 4.78 is 0. The summed E-state index contributed by atoms with van der Waals surface area (Å²) in [4.78, 5) is 16.7. The number of nitrogens with one attached hydrogen (secondary N) is 1. The average Bonchev–Trinajstić information content (AvgIpc) is 2.58. The number of para-hydroxylation sites is 1. The van der Waals surface area contributed by atoms with Crippen LogP contribution in [-0.4, -0.2) is 16.6 Å². The van der Waals surface area contributed by atoms with E-state index in [9.17, 15) is 4.79 Å². The van der Waals surface area contributed by atoms with Crippen molar-refractivity contribution in [3.8, 4) is 0 Å². The Morgan fingerprint density at radius 2 is 1.92 bits per heavy atom. The molecule has 3 rings (SSSR count). The number of thioether (sulfide) groups is 1. The first-order valence-electron chi connectivity index (χ1n) is 8.08. The highest BCUT2D eigenvalue weighted by molar-refractivity contribution is 7.99. The van der Waals surface area contributed by atoms with Crippen LogP contribution < -0.4 is 5.32 Å². The molecule has 0 aliphatic heterocycles. The molecule has 0 radical (unpaired) electrons. The van der Waals surface area contributed by atoms with Crippen LogP contribution in [-0.2, 0) is 4.79 Å². The van der Waals surface area contributed by atoms with Crippen LogP contribution in [0.1, 0.15) is 17.5 Å². The van der Waals surface area contributed by atoms with Gasteiger partial charge in [0, 0.05) is 28.3 Å². The van der Waals surface area contributed by atoms with Gasteiger partial charge in [-0.3, -0.25) is 4.79 Å². The zero-order valence-electron chi connectivity index (χ0n) is 14.2. The topological polar surface area (TPSA) is 42.0 Å². The van der Waals surface area contributed by atoms with Crippen LogP contribution in [0.15, 0.2) is 53.6 Å². The lowest BCUT2D eigenvalue weighted by Crippen LogP contribution is -2.12. The maximum absolute atomic E-state index is 12.1. The second-order valence-corrected chi connectivity index (χ2v) is 7.43. The van der Waals surface area contributed by atoms with Crippen molar-refractivity contribution in [2.75, 3.05) is 11.1 Å². The second kappa shape index (κ2) is 7.89. The Kier molecular flexibility index (Phi) is 5.61. The number of anilines is 1. The summed E-state index contributed by atoms with van der Waals surface area (Å²) >= 11 is 7.68. The van der Waals surface area contributed by atoms with Crippen LogP contribution in [0.2, 0.25) is 5.02 Å². The molecular formula is C20H19ClN2OS. The standard InChI is InChI=1S/C20H19ClN2OS/c1-13-7-8-15(12-17(13)21)22-19(24)9-10-25-20-11-14(2)16-5-3-4-6-18(16)23-20/h3-8,11-12H,9-10H2,1-2H3,(H,22,24). The average molecular weight is 371 g/mol. The minimum absolute atomic E-state index is 0.0232. The zero-order chi connectivity index (χ0) is 17.8. The molecule has 2 aromatic carbocycles. The molecule has 1 aromatic heterocycles. The van der Waals surface area contributed by atoms with Gasteiger partial charge in [-0.1, -0.05) is 35.9 Å². The zero-order valence-corrected chi connectivity index (χ0v) is 15.7. The van der Waals surface area contributed by atoms with E-state index in [0.29, 0.717) is 17.2 Å². The molecule has 3 nitrogen and oxygen atoms in total. The molecule has 0 fully saturated rings. The lowest BCUT2D eigenvalue weighted by atomic mass is 10.1. The molecule has 0 aliphatic carbocycles. The summed E-state index contributed by atoms with van der Waals surface area (Å²) in [7, 11) is 0. The molecule has 0 bridgehead atoms. The number of pyridine rings is 1. The van der Waals surface area contributed by atoms with Gasteiger partial charge in [0.05, 0.1) is 10.5 Å². The lowest BCUT2D eigenvalue weighted by molar-refractivity contribution is -0.115. The molecule has 0 atom stereocenters. The monoisotopic (exact) mass is 370 g/mol. The van der Waals surface area contributed by atoms with Gasteiger partial charge in [-0.05, 0) is 49.2 Å². The minimum Gasteiger partial charge on any atom is -0.326 e. The summed E-state index contributed by atoms with van der Waals surface area (Å²) in [5.41, 5.74) is 3.91. The molecule has 25 heavy (non-hydrogen) atoms. The fourth-order valence-corrected chi connectivity index (χ4v) is 3.64. The Hall–Kier alpha value is -2.04. The molecule has 0 saturated carbocycles. The van der Waals surface area contributed by atoms with Gasteiger partial charge < -0.3 is 5.32 Å². The van der Waals surface area contributed by atoms with E-state index < -0.39 is 0 Å². The van der Waals surface area contributed by atoms with E-state index in [0.717, 1.165) is 21.8 Å². The van der Waals surface area contributed by atoms with Crippen LogP contribution in [0.3, 0.4) is 0 Å². The van der Waals surface area contributed by atoms with Crippen molar-refractivity contribution in [1.82, 2.24) is 4.98 Å². The third-order valence-electron chi connectivity index (χ3n) is 3.93. The van der Waals surface area contributed by atoms with Gasteiger partial charge in [-0.2, -0.15) is 0 Å². The van der Waals surface area contributed by atoms with E-state index >= 15 is 0 Å². The highest BCUT2D eigenvalue weighted by atomic mass is 35.5. The molecule has 1 N–H and O–H groups in total.